The van der Waals surface area contributed by atoms with E-state index in [9.17, 15) is 0 Å². The monoisotopic (exact) mass is 257 g/mol. The Morgan fingerprint density at radius 1 is 1.24 bits per heavy atom. The van der Waals surface area contributed by atoms with Crippen LogP contribution >= 0.6 is 11.6 Å². The first-order valence-corrected chi connectivity index (χ1v) is 6.27. The van der Waals surface area contributed by atoms with Gasteiger partial charge in [0.05, 0.1) is 19.3 Å². The van der Waals surface area contributed by atoms with Gasteiger partial charge in [0.1, 0.15) is 0 Å². The summed E-state index contributed by atoms with van der Waals surface area (Å²) in [6.45, 7) is 3.29. The Labute approximate surface area is 108 Å². The fourth-order valence-corrected chi connectivity index (χ4v) is 1.69. The normalized spacial score (nSPS) is 12.6. The molecule has 1 unspecified atom stereocenters. The molecule has 1 rings (SSSR count). The van der Waals surface area contributed by atoms with Crippen LogP contribution in [0.25, 0.3) is 0 Å². The summed E-state index contributed by atoms with van der Waals surface area (Å²) < 4.78 is 4.92. The minimum Gasteiger partial charge on any atom is -0.382 e. The number of halogens is 1. The number of rotatable bonds is 8. The number of hydrogen-bond acceptors (Lipinski definition) is 3. The number of ether oxygens (including phenoxy) is 1. The van der Waals surface area contributed by atoms with Gasteiger partial charge in [0.15, 0.2) is 0 Å². The molecule has 0 aliphatic rings. The highest BCUT2D eigenvalue weighted by molar-refractivity contribution is 6.30. The topological polar surface area (TPSA) is 30.5 Å². The molecule has 0 aromatic heterocycles. The van der Waals surface area contributed by atoms with Gasteiger partial charge in [-0.25, -0.2) is 0 Å². The van der Waals surface area contributed by atoms with Gasteiger partial charge in [0.25, 0.3) is 0 Å². The summed E-state index contributed by atoms with van der Waals surface area (Å²) in [6, 6.07) is 8.05. The lowest BCUT2D eigenvalue weighted by Crippen LogP contribution is -2.23. The van der Waals surface area contributed by atoms with E-state index in [0.29, 0.717) is 13.2 Å². The summed E-state index contributed by atoms with van der Waals surface area (Å²) in [5.41, 5.74) is 4.26. The van der Waals surface area contributed by atoms with Crippen LogP contribution in [-0.2, 0) is 9.57 Å². The van der Waals surface area contributed by atoms with Crippen LogP contribution in [0.15, 0.2) is 24.3 Å². The van der Waals surface area contributed by atoms with E-state index in [-0.39, 0.29) is 6.04 Å². The van der Waals surface area contributed by atoms with Gasteiger partial charge in [0.2, 0.25) is 0 Å². The van der Waals surface area contributed by atoms with Crippen molar-refractivity contribution in [3.05, 3.63) is 34.9 Å². The van der Waals surface area contributed by atoms with Gasteiger partial charge in [-0.1, -0.05) is 37.1 Å². The van der Waals surface area contributed by atoms with Crippen LogP contribution in [0.1, 0.15) is 31.4 Å². The third kappa shape index (κ3) is 5.50. The molecule has 3 nitrogen and oxygen atoms in total. The number of hydroxylamine groups is 1. The van der Waals surface area contributed by atoms with Gasteiger partial charge in [-0.05, 0) is 24.1 Å². The van der Waals surface area contributed by atoms with E-state index < -0.39 is 0 Å². The molecular weight excluding hydrogens is 238 g/mol. The van der Waals surface area contributed by atoms with E-state index in [2.05, 4.69) is 12.4 Å². The van der Waals surface area contributed by atoms with Gasteiger partial charge in [-0.2, -0.15) is 5.48 Å². The Hall–Kier alpha value is -0.610. The molecule has 1 N–H and O–H groups in total. The highest BCUT2D eigenvalue weighted by atomic mass is 35.5. The zero-order valence-corrected chi connectivity index (χ0v) is 11.2. The summed E-state index contributed by atoms with van der Waals surface area (Å²) in [5.74, 6) is 0. The highest BCUT2D eigenvalue weighted by Gasteiger charge is 2.09. The Bertz CT molecular complexity index is 303. The third-order valence-corrected chi connectivity index (χ3v) is 2.72. The molecule has 0 heterocycles. The van der Waals surface area contributed by atoms with Crippen molar-refractivity contribution in [2.75, 3.05) is 20.3 Å². The zero-order valence-electron chi connectivity index (χ0n) is 10.4. The predicted octanol–water partition coefficient (Wildman–Crippen LogP) is 3.35. The Morgan fingerprint density at radius 2 is 1.94 bits per heavy atom. The van der Waals surface area contributed by atoms with Crippen LogP contribution in [0.5, 0.6) is 0 Å². The first-order valence-electron chi connectivity index (χ1n) is 5.89. The predicted molar refractivity (Wildman–Crippen MR) is 70.1 cm³/mol. The molecule has 0 spiro atoms. The molecule has 0 saturated heterocycles. The lowest BCUT2D eigenvalue weighted by molar-refractivity contribution is -0.0140. The molecule has 17 heavy (non-hydrogen) atoms. The maximum absolute atomic E-state index is 5.87. The molecule has 0 aliphatic carbocycles. The molecule has 1 atom stereocenters. The molecule has 0 aliphatic heterocycles. The van der Waals surface area contributed by atoms with Crippen molar-refractivity contribution >= 4 is 11.6 Å². The molecule has 4 heteroatoms. The van der Waals surface area contributed by atoms with E-state index in [1.807, 2.05) is 24.3 Å². The lowest BCUT2D eigenvalue weighted by Gasteiger charge is -2.18. The number of methoxy groups -OCH3 is 1. The minimum atomic E-state index is 0.203. The Balaban J connectivity index is 2.49. The second-order valence-electron chi connectivity index (χ2n) is 3.85. The van der Waals surface area contributed by atoms with Crippen molar-refractivity contribution in [3.8, 4) is 0 Å². The average Bonchev–Trinajstić information content (AvgIpc) is 2.34. The SMILES string of the molecule is CCCC(NOCCOC)c1ccc(Cl)cc1. The van der Waals surface area contributed by atoms with E-state index in [4.69, 9.17) is 21.2 Å². The van der Waals surface area contributed by atoms with E-state index in [1.165, 1.54) is 5.56 Å². The van der Waals surface area contributed by atoms with Crippen molar-refractivity contribution in [2.24, 2.45) is 0 Å². The van der Waals surface area contributed by atoms with Crippen LogP contribution < -0.4 is 5.48 Å². The van der Waals surface area contributed by atoms with Crippen LogP contribution in [0.4, 0.5) is 0 Å². The molecule has 0 saturated carbocycles. The number of hydrogen-bond donors (Lipinski definition) is 1. The quantitative estimate of drug-likeness (QED) is 0.572. The maximum Gasteiger partial charge on any atom is 0.0916 e. The standard InChI is InChI=1S/C13H20ClNO2/c1-3-4-13(15-17-10-9-16-2)11-5-7-12(14)8-6-11/h5-8,13,15H,3-4,9-10H2,1-2H3. The summed E-state index contributed by atoms with van der Waals surface area (Å²) in [6.07, 6.45) is 2.11. The van der Waals surface area contributed by atoms with Gasteiger partial charge >= 0.3 is 0 Å². The lowest BCUT2D eigenvalue weighted by atomic mass is 10.0. The minimum absolute atomic E-state index is 0.203. The fourth-order valence-electron chi connectivity index (χ4n) is 1.56. The van der Waals surface area contributed by atoms with Crippen LogP contribution in [-0.4, -0.2) is 20.3 Å². The Morgan fingerprint density at radius 3 is 2.53 bits per heavy atom. The maximum atomic E-state index is 5.87. The van der Waals surface area contributed by atoms with Crippen molar-refractivity contribution in [2.45, 2.75) is 25.8 Å². The number of nitrogens with one attached hydrogen (secondary N) is 1. The van der Waals surface area contributed by atoms with Crippen molar-refractivity contribution in [3.63, 3.8) is 0 Å². The highest BCUT2D eigenvalue weighted by Crippen LogP contribution is 2.20. The number of benzene rings is 1. The first kappa shape index (κ1) is 14.5. The largest absolute Gasteiger partial charge is 0.382 e. The van der Waals surface area contributed by atoms with Crippen LogP contribution in [0, 0.1) is 0 Å². The third-order valence-electron chi connectivity index (χ3n) is 2.46. The molecule has 0 amide bonds. The molecule has 0 fully saturated rings. The Kier molecular flexibility index (Phi) is 7.21. The first-order chi connectivity index (χ1) is 8.27. The molecular formula is C13H20ClNO2. The molecule has 1 aromatic rings. The van der Waals surface area contributed by atoms with Crippen molar-refractivity contribution in [1.29, 1.82) is 0 Å². The van der Waals surface area contributed by atoms with Gasteiger partial charge in [0, 0.05) is 12.1 Å². The molecule has 1 aromatic carbocycles. The van der Waals surface area contributed by atoms with E-state index in [1.54, 1.807) is 7.11 Å². The fraction of sp³-hybridized carbons (Fsp3) is 0.538. The van der Waals surface area contributed by atoms with E-state index >= 15 is 0 Å². The summed E-state index contributed by atoms with van der Waals surface area (Å²) >= 11 is 5.87. The summed E-state index contributed by atoms with van der Waals surface area (Å²) in [5, 5.41) is 0.754. The average molecular weight is 258 g/mol. The van der Waals surface area contributed by atoms with Gasteiger partial charge in [-0.15, -0.1) is 0 Å². The van der Waals surface area contributed by atoms with Crippen LogP contribution in [0.2, 0.25) is 5.02 Å². The van der Waals surface area contributed by atoms with Gasteiger partial charge < -0.3 is 4.74 Å². The van der Waals surface area contributed by atoms with Crippen molar-refractivity contribution < 1.29 is 9.57 Å². The smallest absolute Gasteiger partial charge is 0.0916 e. The summed E-state index contributed by atoms with van der Waals surface area (Å²) in [7, 11) is 1.66. The zero-order chi connectivity index (χ0) is 12.5. The molecule has 0 radical (unpaired) electrons. The van der Waals surface area contributed by atoms with Crippen molar-refractivity contribution in [1.82, 2.24) is 5.48 Å². The molecule has 96 valence electrons. The summed E-state index contributed by atoms with van der Waals surface area (Å²) in [4.78, 5) is 5.37. The van der Waals surface area contributed by atoms with Gasteiger partial charge in [-0.3, -0.25) is 4.84 Å². The van der Waals surface area contributed by atoms with Crippen LogP contribution in [0.3, 0.4) is 0 Å². The molecule has 0 bridgehead atoms. The van der Waals surface area contributed by atoms with E-state index in [0.717, 1.165) is 17.9 Å². The second-order valence-corrected chi connectivity index (χ2v) is 4.29. The second kappa shape index (κ2) is 8.48.